The Labute approximate surface area is 111 Å². The van der Waals surface area contributed by atoms with E-state index in [1.54, 1.807) is 0 Å². The monoisotopic (exact) mass is 256 g/mol. The van der Waals surface area contributed by atoms with Crippen LogP contribution in [0.2, 0.25) is 0 Å². The van der Waals surface area contributed by atoms with Crippen molar-refractivity contribution in [2.24, 2.45) is 5.41 Å². The topological polar surface area (TPSA) is 41.6 Å². The number of amides is 1. The number of hydrogen-bond acceptors (Lipinski definition) is 3. The molecule has 1 amide bonds. The van der Waals surface area contributed by atoms with Crippen LogP contribution >= 0.6 is 0 Å². The maximum Gasteiger partial charge on any atom is 0.410 e. The molecule has 1 atom stereocenters. The molecule has 1 saturated heterocycles. The molecule has 0 bridgehead atoms. The van der Waals surface area contributed by atoms with Crippen molar-refractivity contribution in [1.82, 2.24) is 10.2 Å². The smallest absolute Gasteiger partial charge is 0.410 e. The zero-order chi connectivity index (χ0) is 13.6. The molecule has 0 radical (unpaired) electrons. The fourth-order valence-electron chi connectivity index (χ4n) is 2.11. The van der Waals surface area contributed by atoms with E-state index in [-0.39, 0.29) is 12.1 Å². The van der Waals surface area contributed by atoms with Gasteiger partial charge in [-0.05, 0) is 31.6 Å². The SMILES string of the molecule is C[C@H]1CNCCN1C(=O)OCCCCC(C)(C)C. The molecule has 1 heterocycles. The molecule has 1 aliphatic heterocycles. The van der Waals surface area contributed by atoms with E-state index < -0.39 is 0 Å². The van der Waals surface area contributed by atoms with Crippen LogP contribution in [0.5, 0.6) is 0 Å². The highest BCUT2D eigenvalue weighted by Crippen LogP contribution is 2.21. The van der Waals surface area contributed by atoms with Gasteiger partial charge in [-0.15, -0.1) is 0 Å². The van der Waals surface area contributed by atoms with Gasteiger partial charge in [0, 0.05) is 25.7 Å². The predicted molar refractivity (Wildman–Crippen MR) is 73.7 cm³/mol. The highest BCUT2D eigenvalue weighted by molar-refractivity contribution is 5.68. The average molecular weight is 256 g/mol. The minimum atomic E-state index is -0.153. The molecule has 0 unspecified atom stereocenters. The first kappa shape index (κ1) is 15.3. The largest absolute Gasteiger partial charge is 0.449 e. The second kappa shape index (κ2) is 6.98. The molecular weight excluding hydrogens is 228 g/mol. The van der Waals surface area contributed by atoms with Crippen LogP contribution in [-0.4, -0.2) is 43.3 Å². The molecule has 0 spiro atoms. The molecule has 0 aromatic heterocycles. The maximum absolute atomic E-state index is 11.8. The summed E-state index contributed by atoms with van der Waals surface area (Å²) in [6.07, 6.45) is 3.10. The van der Waals surface area contributed by atoms with Gasteiger partial charge in [-0.25, -0.2) is 4.79 Å². The van der Waals surface area contributed by atoms with Crippen molar-refractivity contribution in [1.29, 1.82) is 0 Å². The van der Waals surface area contributed by atoms with Gasteiger partial charge in [-0.1, -0.05) is 20.8 Å². The predicted octanol–water partition coefficient (Wildman–Crippen LogP) is 2.63. The van der Waals surface area contributed by atoms with E-state index >= 15 is 0 Å². The number of nitrogens with zero attached hydrogens (tertiary/aromatic N) is 1. The fourth-order valence-corrected chi connectivity index (χ4v) is 2.11. The summed E-state index contributed by atoms with van der Waals surface area (Å²) in [6, 6.07) is 0.237. The van der Waals surface area contributed by atoms with Crippen molar-refractivity contribution in [3.05, 3.63) is 0 Å². The molecule has 4 nitrogen and oxygen atoms in total. The number of nitrogens with one attached hydrogen (secondary N) is 1. The molecule has 4 heteroatoms. The van der Waals surface area contributed by atoms with Crippen LogP contribution in [0, 0.1) is 5.41 Å². The molecule has 0 aromatic carbocycles. The van der Waals surface area contributed by atoms with Crippen molar-refractivity contribution < 1.29 is 9.53 Å². The maximum atomic E-state index is 11.8. The van der Waals surface area contributed by atoms with Crippen molar-refractivity contribution in [3.8, 4) is 0 Å². The normalized spacial score (nSPS) is 20.9. The first-order valence-corrected chi connectivity index (χ1v) is 7.04. The van der Waals surface area contributed by atoms with E-state index in [1.807, 2.05) is 11.8 Å². The van der Waals surface area contributed by atoms with Crippen LogP contribution in [0.3, 0.4) is 0 Å². The lowest BCUT2D eigenvalue weighted by atomic mass is 9.90. The third kappa shape index (κ3) is 5.71. The van der Waals surface area contributed by atoms with Crippen molar-refractivity contribution in [2.75, 3.05) is 26.2 Å². The van der Waals surface area contributed by atoms with Gasteiger partial charge >= 0.3 is 6.09 Å². The Balaban J connectivity index is 2.13. The number of hydrogen-bond donors (Lipinski definition) is 1. The highest BCUT2D eigenvalue weighted by atomic mass is 16.6. The summed E-state index contributed by atoms with van der Waals surface area (Å²) < 4.78 is 5.33. The second-order valence-corrected chi connectivity index (χ2v) is 6.38. The summed E-state index contributed by atoms with van der Waals surface area (Å²) in [5, 5.41) is 3.26. The number of rotatable bonds is 4. The summed E-state index contributed by atoms with van der Waals surface area (Å²) in [5.74, 6) is 0. The summed E-state index contributed by atoms with van der Waals surface area (Å²) in [6.45, 7) is 11.8. The van der Waals surface area contributed by atoms with Gasteiger partial charge in [0.15, 0.2) is 0 Å². The van der Waals surface area contributed by atoms with E-state index in [4.69, 9.17) is 4.74 Å². The Hall–Kier alpha value is -0.770. The number of carbonyl (C=O) groups is 1. The third-order valence-corrected chi connectivity index (χ3v) is 3.28. The Kier molecular flexibility index (Phi) is 5.93. The van der Waals surface area contributed by atoms with E-state index in [0.29, 0.717) is 12.0 Å². The average Bonchev–Trinajstić information content (AvgIpc) is 2.27. The van der Waals surface area contributed by atoms with Gasteiger partial charge in [-0.2, -0.15) is 0 Å². The van der Waals surface area contributed by atoms with Gasteiger partial charge in [-0.3, -0.25) is 0 Å². The van der Waals surface area contributed by atoms with E-state index in [0.717, 1.165) is 32.5 Å². The van der Waals surface area contributed by atoms with Crippen LogP contribution in [0.25, 0.3) is 0 Å². The molecular formula is C14H28N2O2. The minimum absolute atomic E-state index is 0.153. The third-order valence-electron chi connectivity index (χ3n) is 3.28. The molecule has 0 saturated carbocycles. The Morgan fingerprint density at radius 1 is 1.39 bits per heavy atom. The molecule has 1 N–H and O–H groups in total. The molecule has 0 aliphatic carbocycles. The van der Waals surface area contributed by atoms with Crippen LogP contribution in [-0.2, 0) is 4.74 Å². The fraction of sp³-hybridized carbons (Fsp3) is 0.929. The first-order valence-electron chi connectivity index (χ1n) is 7.04. The van der Waals surface area contributed by atoms with Gasteiger partial charge in [0.05, 0.1) is 6.61 Å². The summed E-state index contributed by atoms with van der Waals surface area (Å²) >= 11 is 0. The van der Waals surface area contributed by atoms with Gasteiger partial charge in [0.2, 0.25) is 0 Å². The number of piperazine rings is 1. The molecule has 106 valence electrons. The van der Waals surface area contributed by atoms with Crippen molar-refractivity contribution in [3.63, 3.8) is 0 Å². The van der Waals surface area contributed by atoms with Crippen molar-refractivity contribution in [2.45, 2.75) is 53.0 Å². The van der Waals surface area contributed by atoms with Crippen LogP contribution in [0.4, 0.5) is 4.79 Å². The number of carbonyl (C=O) groups excluding carboxylic acids is 1. The van der Waals surface area contributed by atoms with E-state index in [2.05, 4.69) is 26.1 Å². The lowest BCUT2D eigenvalue weighted by Gasteiger charge is -2.33. The molecule has 1 fully saturated rings. The van der Waals surface area contributed by atoms with Crippen LogP contribution in [0.15, 0.2) is 0 Å². The minimum Gasteiger partial charge on any atom is -0.449 e. The summed E-state index contributed by atoms with van der Waals surface area (Å²) in [5.41, 5.74) is 0.372. The zero-order valence-corrected chi connectivity index (χ0v) is 12.3. The Morgan fingerprint density at radius 3 is 2.72 bits per heavy atom. The van der Waals surface area contributed by atoms with Crippen molar-refractivity contribution >= 4 is 6.09 Å². The molecule has 18 heavy (non-hydrogen) atoms. The first-order chi connectivity index (χ1) is 8.40. The number of ether oxygens (including phenoxy) is 1. The standard InChI is InChI=1S/C14H28N2O2/c1-12-11-15-8-9-16(12)13(17)18-10-6-5-7-14(2,3)4/h12,15H,5-11H2,1-4H3/t12-/m0/s1. The lowest BCUT2D eigenvalue weighted by molar-refractivity contribution is 0.0794. The van der Waals surface area contributed by atoms with Crippen LogP contribution < -0.4 is 5.32 Å². The summed E-state index contributed by atoms with van der Waals surface area (Å²) in [4.78, 5) is 13.7. The summed E-state index contributed by atoms with van der Waals surface area (Å²) in [7, 11) is 0. The van der Waals surface area contributed by atoms with Gasteiger partial charge < -0.3 is 15.0 Å². The Bertz CT molecular complexity index is 261. The van der Waals surface area contributed by atoms with Crippen LogP contribution in [0.1, 0.15) is 47.0 Å². The number of unbranched alkanes of at least 4 members (excludes halogenated alkanes) is 1. The van der Waals surface area contributed by atoms with Gasteiger partial charge in [0.1, 0.15) is 0 Å². The molecule has 1 aliphatic rings. The quantitative estimate of drug-likeness (QED) is 0.786. The molecule has 1 rings (SSSR count). The zero-order valence-electron chi connectivity index (χ0n) is 12.3. The van der Waals surface area contributed by atoms with E-state index in [1.165, 1.54) is 6.42 Å². The lowest BCUT2D eigenvalue weighted by Crippen LogP contribution is -2.52. The molecule has 0 aromatic rings. The highest BCUT2D eigenvalue weighted by Gasteiger charge is 2.23. The Morgan fingerprint density at radius 2 is 2.11 bits per heavy atom. The van der Waals surface area contributed by atoms with E-state index in [9.17, 15) is 4.79 Å². The van der Waals surface area contributed by atoms with Gasteiger partial charge in [0.25, 0.3) is 0 Å². The second-order valence-electron chi connectivity index (χ2n) is 6.38.